The van der Waals surface area contributed by atoms with Gasteiger partial charge in [-0.05, 0) is 46.9 Å². The second kappa shape index (κ2) is 6.37. The van der Waals surface area contributed by atoms with Crippen molar-refractivity contribution in [1.29, 1.82) is 0 Å². The average molecular weight is 345 g/mol. The molecule has 0 radical (unpaired) electrons. The average Bonchev–Trinajstić information content (AvgIpc) is 2.88. The van der Waals surface area contributed by atoms with Crippen molar-refractivity contribution in [3.63, 3.8) is 0 Å². The minimum atomic E-state index is 0.795. The van der Waals surface area contributed by atoms with Gasteiger partial charge in [-0.2, -0.15) is 0 Å². The molecule has 2 aromatic heterocycles. The van der Waals surface area contributed by atoms with Crippen LogP contribution in [0.25, 0.3) is 5.65 Å². The monoisotopic (exact) mass is 344 g/mol. The van der Waals surface area contributed by atoms with Gasteiger partial charge in [-0.25, -0.2) is 9.97 Å². The van der Waals surface area contributed by atoms with Crippen LogP contribution in [-0.4, -0.2) is 20.9 Å². The Morgan fingerprint density at radius 3 is 2.90 bits per heavy atom. The lowest BCUT2D eigenvalue weighted by Crippen LogP contribution is -2.18. The molecule has 0 saturated heterocycles. The highest BCUT2D eigenvalue weighted by Gasteiger charge is 2.04. The smallest absolute Gasteiger partial charge is 0.155 e. The van der Waals surface area contributed by atoms with E-state index in [1.165, 1.54) is 11.1 Å². The second-order valence-corrected chi connectivity index (χ2v) is 5.85. The molecule has 0 atom stereocenters. The van der Waals surface area contributed by atoms with Gasteiger partial charge in [0.25, 0.3) is 0 Å². The van der Waals surface area contributed by atoms with Crippen molar-refractivity contribution in [2.24, 2.45) is 0 Å². The molecule has 1 aromatic carbocycles. The van der Waals surface area contributed by atoms with Crippen LogP contribution in [0, 0.1) is 6.92 Å². The van der Waals surface area contributed by atoms with Crippen LogP contribution in [0.15, 0.2) is 47.5 Å². The lowest BCUT2D eigenvalue weighted by Gasteiger charge is -2.07. The highest BCUT2D eigenvalue weighted by atomic mass is 79.9. The number of hydrogen-bond donors (Lipinski definition) is 1. The number of imidazole rings is 1. The third-order valence-electron chi connectivity index (χ3n) is 3.58. The first kappa shape index (κ1) is 14.2. The molecule has 0 fully saturated rings. The molecule has 0 bridgehead atoms. The van der Waals surface area contributed by atoms with Crippen molar-refractivity contribution in [1.82, 2.24) is 19.7 Å². The zero-order valence-corrected chi connectivity index (χ0v) is 13.5. The minimum absolute atomic E-state index is 0.795. The number of nitrogens with one attached hydrogen (secondary N) is 1. The van der Waals surface area contributed by atoms with Gasteiger partial charge in [0.15, 0.2) is 5.65 Å². The fourth-order valence-corrected chi connectivity index (χ4v) is 2.68. The van der Waals surface area contributed by atoms with E-state index in [1.54, 1.807) is 6.20 Å². The molecule has 0 amide bonds. The standard InChI is InChI=1S/C16H17BrN4/c1-12-4-2-3-5-13(12)6-7-18-8-14-9-20-16-10-19-15(17)11-21(14)16/h2-5,9-11,18H,6-8H2,1H3. The Morgan fingerprint density at radius 2 is 2.05 bits per heavy atom. The number of aryl methyl sites for hydroxylation is 1. The summed E-state index contributed by atoms with van der Waals surface area (Å²) in [6.45, 7) is 3.90. The Kier molecular flexibility index (Phi) is 4.31. The van der Waals surface area contributed by atoms with Crippen LogP contribution in [0.2, 0.25) is 0 Å². The van der Waals surface area contributed by atoms with Crippen LogP contribution in [0.5, 0.6) is 0 Å². The molecule has 21 heavy (non-hydrogen) atoms. The van der Waals surface area contributed by atoms with E-state index in [0.29, 0.717) is 0 Å². The van der Waals surface area contributed by atoms with Gasteiger partial charge in [0.1, 0.15) is 4.60 Å². The summed E-state index contributed by atoms with van der Waals surface area (Å²) < 4.78 is 2.87. The predicted molar refractivity (Wildman–Crippen MR) is 87.3 cm³/mol. The van der Waals surface area contributed by atoms with Crippen molar-refractivity contribution in [2.45, 2.75) is 19.9 Å². The first-order chi connectivity index (χ1) is 10.2. The molecule has 4 nitrogen and oxygen atoms in total. The van der Waals surface area contributed by atoms with Gasteiger partial charge < -0.3 is 5.32 Å². The second-order valence-electron chi connectivity index (χ2n) is 5.04. The maximum Gasteiger partial charge on any atom is 0.155 e. The molecule has 0 saturated carbocycles. The van der Waals surface area contributed by atoms with Crippen LogP contribution >= 0.6 is 15.9 Å². The van der Waals surface area contributed by atoms with Crippen LogP contribution in [0.1, 0.15) is 16.8 Å². The van der Waals surface area contributed by atoms with E-state index in [1.807, 2.05) is 12.4 Å². The van der Waals surface area contributed by atoms with Gasteiger partial charge >= 0.3 is 0 Å². The van der Waals surface area contributed by atoms with E-state index in [-0.39, 0.29) is 0 Å². The lowest BCUT2D eigenvalue weighted by atomic mass is 10.1. The highest BCUT2D eigenvalue weighted by Crippen LogP contribution is 2.11. The van der Waals surface area contributed by atoms with E-state index in [9.17, 15) is 0 Å². The number of benzene rings is 1. The fourth-order valence-electron chi connectivity index (χ4n) is 2.38. The summed E-state index contributed by atoms with van der Waals surface area (Å²) in [5.74, 6) is 0. The highest BCUT2D eigenvalue weighted by molar-refractivity contribution is 9.10. The molecular weight excluding hydrogens is 328 g/mol. The molecule has 3 rings (SSSR count). The Morgan fingerprint density at radius 1 is 1.19 bits per heavy atom. The summed E-state index contributed by atoms with van der Waals surface area (Å²) in [6.07, 6.45) is 6.64. The van der Waals surface area contributed by atoms with Crippen molar-refractivity contribution in [3.8, 4) is 0 Å². The molecular formula is C16H17BrN4. The zero-order chi connectivity index (χ0) is 14.7. The number of hydrogen-bond acceptors (Lipinski definition) is 3. The van der Waals surface area contributed by atoms with Gasteiger partial charge in [-0.15, -0.1) is 0 Å². The summed E-state index contributed by atoms with van der Waals surface area (Å²) in [4.78, 5) is 8.53. The molecule has 0 aliphatic rings. The number of aromatic nitrogens is 3. The van der Waals surface area contributed by atoms with Crippen molar-refractivity contribution >= 4 is 21.6 Å². The maximum atomic E-state index is 4.35. The van der Waals surface area contributed by atoms with E-state index in [4.69, 9.17) is 0 Å². The Labute approximate surface area is 132 Å². The lowest BCUT2D eigenvalue weighted by molar-refractivity contribution is 0.669. The van der Waals surface area contributed by atoms with Crippen molar-refractivity contribution in [3.05, 3.63) is 64.3 Å². The number of fused-ring (bicyclic) bond motifs is 1. The molecule has 0 aliphatic heterocycles. The fraction of sp³-hybridized carbons (Fsp3) is 0.250. The quantitative estimate of drug-likeness (QED) is 0.723. The van der Waals surface area contributed by atoms with Gasteiger partial charge in [0, 0.05) is 12.7 Å². The van der Waals surface area contributed by atoms with Gasteiger partial charge in [0.2, 0.25) is 0 Å². The van der Waals surface area contributed by atoms with Crippen LogP contribution in [-0.2, 0) is 13.0 Å². The molecule has 1 N–H and O–H groups in total. The molecule has 0 unspecified atom stereocenters. The molecule has 0 aliphatic carbocycles. The normalized spacial score (nSPS) is 11.1. The van der Waals surface area contributed by atoms with Crippen LogP contribution in [0.4, 0.5) is 0 Å². The summed E-state index contributed by atoms with van der Waals surface area (Å²) in [7, 11) is 0. The largest absolute Gasteiger partial charge is 0.311 e. The summed E-state index contributed by atoms with van der Waals surface area (Å²) in [5, 5.41) is 3.48. The maximum absolute atomic E-state index is 4.35. The van der Waals surface area contributed by atoms with Gasteiger partial charge in [0.05, 0.1) is 18.1 Å². The van der Waals surface area contributed by atoms with Crippen LogP contribution < -0.4 is 5.32 Å². The number of halogens is 1. The Bertz CT molecular complexity index is 751. The number of rotatable bonds is 5. The topological polar surface area (TPSA) is 42.2 Å². The molecule has 108 valence electrons. The molecule has 5 heteroatoms. The predicted octanol–water partition coefficient (Wildman–Crippen LogP) is 3.13. The summed E-state index contributed by atoms with van der Waals surface area (Å²) in [6, 6.07) is 8.52. The third-order valence-corrected chi connectivity index (χ3v) is 3.99. The first-order valence-corrected chi connectivity index (χ1v) is 7.76. The van der Waals surface area contributed by atoms with E-state index in [0.717, 1.165) is 35.5 Å². The van der Waals surface area contributed by atoms with Crippen molar-refractivity contribution < 1.29 is 0 Å². The van der Waals surface area contributed by atoms with Gasteiger partial charge in [-0.3, -0.25) is 4.40 Å². The molecule has 0 spiro atoms. The summed E-state index contributed by atoms with van der Waals surface area (Å²) >= 11 is 3.39. The van der Waals surface area contributed by atoms with E-state index in [2.05, 4.69) is 66.8 Å². The first-order valence-electron chi connectivity index (χ1n) is 6.97. The van der Waals surface area contributed by atoms with Gasteiger partial charge in [-0.1, -0.05) is 24.3 Å². The summed E-state index contributed by atoms with van der Waals surface area (Å²) in [5.41, 5.74) is 4.76. The van der Waals surface area contributed by atoms with E-state index < -0.39 is 0 Å². The van der Waals surface area contributed by atoms with Crippen molar-refractivity contribution in [2.75, 3.05) is 6.54 Å². The molecule has 2 heterocycles. The Balaban J connectivity index is 1.60. The molecule has 3 aromatic rings. The number of nitrogens with zero attached hydrogens (tertiary/aromatic N) is 3. The SMILES string of the molecule is Cc1ccccc1CCNCc1cnc2cnc(Br)cn12. The third kappa shape index (κ3) is 3.31. The zero-order valence-electron chi connectivity index (χ0n) is 11.9. The minimum Gasteiger partial charge on any atom is -0.311 e. The Hall–Kier alpha value is -1.72. The van der Waals surface area contributed by atoms with Crippen LogP contribution in [0.3, 0.4) is 0 Å². The van der Waals surface area contributed by atoms with E-state index >= 15 is 0 Å².